The summed E-state index contributed by atoms with van der Waals surface area (Å²) in [5.41, 5.74) is 5.04. The Kier molecular flexibility index (Phi) is 6.15. The van der Waals surface area contributed by atoms with E-state index in [0.29, 0.717) is 29.9 Å². The molecule has 1 unspecified atom stereocenters. The van der Waals surface area contributed by atoms with Crippen LogP contribution in [-0.2, 0) is 14.9 Å². The molecule has 6 heteroatoms. The molecule has 1 aliphatic carbocycles. The van der Waals surface area contributed by atoms with E-state index in [1.807, 2.05) is 110 Å². The molecule has 1 aliphatic rings. The predicted molar refractivity (Wildman–Crippen MR) is 151 cm³/mol. The van der Waals surface area contributed by atoms with Crippen LogP contribution in [0.5, 0.6) is 0 Å². The largest absolute Gasteiger partial charge is 0.481 e. The maximum atomic E-state index is 12.9. The summed E-state index contributed by atoms with van der Waals surface area (Å²) in [7, 11) is 0. The molecular formula is C33H27NO5. The first-order valence-corrected chi connectivity index (χ1v) is 12.9. The molecule has 4 aromatic carbocycles. The standard InChI is InChI=1S/C33H27NO5/c1-21(22-7-3-2-4-8-22)38-32(37)34-29-27-9-5-6-10-28(27)39-30(29)25-13-11-23(12-14-25)24-15-17-26(18-16-24)33(19-20-33)31(35)36/h2-18,21H,19-20H2,1H3,(H,34,37)(H,35,36). The molecule has 1 aromatic heterocycles. The number of nitrogens with one attached hydrogen (secondary N) is 1. The van der Waals surface area contributed by atoms with Crippen LogP contribution in [0.25, 0.3) is 33.4 Å². The Morgan fingerprint density at radius 1 is 0.821 bits per heavy atom. The molecule has 0 saturated heterocycles. The third kappa shape index (κ3) is 4.66. The van der Waals surface area contributed by atoms with Gasteiger partial charge in [0.2, 0.25) is 0 Å². The van der Waals surface area contributed by atoms with Crippen LogP contribution in [0.15, 0.2) is 108 Å². The van der Waals surface area contributed by atoms with E-state index in [9.17, 15) is 14.7 Å². The Morgan fingerprint density at radius 3 is 2.05 bits per heavy atom. The predicted octanol–water partition coefficient (Wildman–Crippen LogP) is 8.19. The van der Waals surface area contributed by atoms with Gasteiger partial charge in [0.15, 0.2) is 5.76 Å². The number of carboxylic acid groups (broad SMARTS) is 1. The highest BCUT2D eigenvalue weighted by Gasteiger charge is 2.51. The number of carbonyl (C=O) groups excluding carboxylic acids is 1. The quantitative estimate of drug-likeness (QED) is 0.227. The van der Waals surface area contributed by atoms with Crippen LogP contribution in [-0.4, -0.2) is 17.2 Å². The van der Waals surface area contributed by atoms with Crippen molar-refractivity contribution in [3.8, 4) is 22.5 Å². The second kappa shape index (κ2) is 9.80. The molecule has 5 aromatic rings. The number of rotatable bonds is 7. The zero-order valence-electron chi connectivity index (χ0n) is 21.4. The number of fused-ring (bicyclic) bond motifs is 1. The van der Waals surface area contributed by atoms with Crippen molar-refractivity contribution in [2.45, 2.75) is 31.3 Å². The molecule has 0 spiro atoms. The zero-order valence-corrected chi connectivity index (χ0v) is 21.4. The second-order valence-corrected chi connectivity index (χ2v) is 9.93. The average Bonchev–Trinajstić information content (AvgIpc) is 3.71. The highest BCUT2D eigenvalue weighted by Crippen LogP contribution is 2.48. The van der Waals surface area contributed by atoms with E-state index in [4.69, 9.17) is 9.15 Å². The Morgan fingerprint density at radius 2 is 1.41 bits per heavy atom. The van der Waals surface area contributed by atoms with Crippen LogP contribution >= 0.6 is 0 Å². The van der Waals surface area contributed by atoms with Crippen LogP contribution in [0.4, 0.5) is 10.5 Å². The van der Waals surface area contributed by atoms with E-state index >= 15 is 0 Å². The molecule has 2 N–H and O–H groups in total. The molecule has 6 rings (SSSR count). The SMILES string of the molecule is CC(OC(=O)Nc1c(-c2ccc(-c3ccc(C4(C(=O)O)CC4)cc3)cc2)oc2ccccc12)c1ccccc1. The van der Waals surface area contributed by atoms with Crippen LogP contribution in [0, 0.1) is 0 Å². The van der Waals surface area contributed by atoms with Gasteiger partial charge in [0, 0.05) is 10.9 Å². The lowest BCUT2D eigenvalue weighted by Gasteiger charge is -2.14. The Labute approximate surface area is 225 Å². The molecule has 1 saturated carbocycles. The van der Waals surface area contributed by atoms with E-state index < -0.39 is 23.6 Å². The van der Waals surface area contributed by atoms with Gasteiger partial charge in [0.05, 0.1) is 11.1 Å². The molecule has 0 bridgehead atoms. The van der Waals surface area contributed by atoms with Gasteiger partial charge in [0.1, 0.15) is 11.7 Å². The molecule has 0 radical (unpaired) electrons. The molecule has 194 valence electrons. The summed E-state index contributed by atoms with van der Waals surface area (Å²) in [4.78, 5) is 24.5. The monoisotopic (exact) mass is 517 g/mol. The highest BCUT2D eigenvalue weighted by atomic mass is 16.6. The van der Waals surface area contributed by atoms with Crippen molar-refractivity contribution < 1.29 is 23.8 Å². The summed E-state index contributed by atoms with van der Waals surface area (Å²) in [6.07, 6.45) is 0.390. The van der Waals surface area contributed by atoms with Crippen molar-refractivity contribution in [1.82, 2.24) is 0 Å². The Balaban J connectivity index is 1.25. The first kappa shape index (κ1) is 24.5. The fourth-order valence-corrected chi connectivity index (χ4v) is 5.00. The van der Waals surface area contributed by atoms with Gasteiger partial charge in [-0.3, -0.25) is 10.1 Å². The lowest BCUT2D eigenvalue weighted by Crippen LogP contribution is -2.19. The number of aliphatic carboxylic acids is 1. The topological polar surface area (TPSA) is 88.8 Å². The number of para-hydroxylation sites is 1. The van der Waals surface area contributed by atoms with E-state index in [1.54, 1.807) is 0 Å². The molecule has 1 atom stereocenters. The van der Waals surface area contributed by atoms with Gasteiger partial charge in [-0.25, -0.2) is 4.79 Å². The smallest absolute Gasteiger partial charge is 0.412 e. The van der Waals surface area contributed by atoms with E-state index in [-0.39, 0.29) is 0 Å². The van der Waals surface area contributed by atoms with Crippen molar-refractivity contribution in [2.24, 2.45) is 0 Å². The van der Waals surface area contributed by atoms with Crippen molar-refractivity contribution >= 4 is 28.7 Å². The summed E-state index contributed by atoms with van der Waals surface area (Å²) in [5.74, 6) is -0.215. The summed E-state index contributed by atoms with van der Waals surface area (Å²) in [6, 6.07) is 32.7. The zero-order chi connectivity index (χ0) is 27.0. The molecule has 6 nitrogen and oxygen atoms in total. The van der Waals surface area contributed by atoms with Gasteiger partial charge in [-0.05, 0) is 54.2 Å². The maximum absolute atomic E-state index is 12.9. The minimum atomic E-state index is -0.756. The minimum absolute atomic E-state index is 0.413. The van der Waals surface area contributed by atoms with Crippen molar-refractivity contribution in [3.05, 3.63) is 114 Å². The van der Waals surface area contributed by atoms with Crippen LogP contribution in [0.1, 0.15) is 37.0 Å². The van der Waals surface area contributed by atoms with Crippen LogP contribution < -0.4 is 5.32 Å². The Bertz CT molecular complexity index is 1650. The summed E-state index contributed by atoms with van der Waals surface area (Å²) >= 11 is 0. The van der Waals surface area contributed by atoms with Gasteiger partial charge in [-0.1, -0.05) is 91.0 Å². The lowest BCUT2D eigenvalue weighted by molar-refractivity contribution is -0.140. The van der Waals surface area contributed by atoms with Crippen LogP contribution in [0.3, 0.4) is 0 Å². The number of furan rings is 1. The number of hydrogen-bond donors (Lipinski definition) is 2. The number of carbonyl (C=O) groups is 2. The molecule has 39 heavy (non-hydrogen) atoms. The maximum Gasteiger partial charge on any atom is 0.412 e. The molecule has 1 fully saturated rings. The molecular weight excluding hydrogens is 490 g/mol. The third-order valence-corrected chi connectivity index (χ3v) is 7.45. The van der Waals surface area contributed by atoms with E-state index in [2.05, 4.69) is 5.32 Å². The average molecular weight is 518 g/mol. The normalized spacial score (nSPS) is 14.5. The lowest BCUT2D eigenvalue weighted by atomic mass is 9.93. The van der Waals surface area contributed by atoms with Crippen molar-refractivity contribution in [1.29, 1.82) is 0 Å². The first-order valence-electron chi connectivity index (χ1n) is 12.9. The van der Waals surface area contributed by atoms with Crippen molar-refractivity contribution in [3.63, 3.8) is 0 Å². The van der Waals surface area contributed by atoms with Gasteiger partial charge < -0.3 is 14.3 Å². The number of amides is 1. The van der Waals surface area contributed by atoms with Crippen molar-refractivity contribution in [2.75, 3.05) is 5.32 Å². The molecule has 1 heterocycles. The molecule has 1 amide bonds. The fourth-order valence-electron chi connectivity index (χ4n) is 5.00. The van der Waals surface area contributed by atoms with E-state index in [0.717, 1.165) is 33.2 Å². The second-order valence-electron chi connectivity index (χ2n) is 9.93. The fraction of sp³-hybridized carbons (Fsp3) is 0.152. The number of carboxylic acids is 1. The summed E-state index contributed by atoms with van der Waals surface area (Å²) in [6.45, 7) is 1.83. The third-order valence-electron chi connectivity index (χ3n) is 7.45. The van der Waals surface area contributed by atoms with Gasteiger partial charge in [0.25, 0.3) is 0 Å². The summed E-state index contributed by atoms with van der Waals surface area (Å²) in [5, 5.41) is 13.3. The molecule has 0 aliphatic heterocycles. The summed E-state index contributed by atoms with van der Waals surface area (Å²) < 4.78 is 11.8. The van der Waals surface area contributed by atoms with E-state index in [1.165, 1.54) is 0 Å². The number of benzene rings is 4. The number of hydrogen-bond acceptors (Lipinski definition) is 4. The van der Waals surface area contributed by atoms with Gasteiger partial charge >= 0.3 is 12.1 Å². The minimum Gasteiger partial charge on any atom is -0.481 e. The number of anilines is 1. The first-order chi connectivity index (χ1) is 18.9. The Hall–Kier alpha value is -4.84. The van der Waals surface area contributed by atoms with Gasteiger partial charge in [-0.15, -0.1) is 0 Å². The number of ether oxygens (including phenoxy) is 1. The van der Waals surface area contributed by atoms with Crippen LogP contribution in [0.2, 0.25) is 0 Å². The highest BCUT2D eigenvalue weighted by molar-refractivity contribution is 6.05. The van der Waals surface area contributed by atoms with Gasteiger partial charge in [-0.2, -0.15) is 0 Å².